The van der Waals surface area contributed by atoms with E-state index in [2.05, 4.69) is 10.2 Å². The van der Waals surface area contributed by atoms with Crippen LogP contribution < -0.4 is 0 Å². The molecule has 0 aliphatic carbocycles. The van der Waals surface area contributed by atoms with Crippen molar-refractivity contribution in [1.29, 1.82) is 0 Å². The van der Waals surface area contributed by atoms with Crippen molar-refractivity contribution < 1.29 is 5.11 Å². The van der Waals surface area contributed by atoms with Gasteiger partial charge >= 0.3 is 0 Å². The van der Waals surface area contributed by atoms with E-state index in [0.717, 1.165) is 5.01 Å². The standard InChI is InChI=1S/C5H8N2OS/c1-3(2)4-6-7-5(8)9-4/h3H,1-2H3,(H,7,8). The average molecular weight is 144 g/mol. The second-order valence-electron chi connectivity index (χ2n) is 2.08. The zero-order valence-electron chi connectivity index (χ0n) is 5.33. The van der Waals surface area contributed by atoms with E-state index in [4.69, 9.17) is 5.11 Å². The molecule has 1 heterocycles. The highest BCUT2D eigenvalue weighted by Crippen LogP contribution is 2.22. The molecule has 0 saturated carbocycles. The molecule has 1 N–H and O–H groups in total. The van der Waals surface area contributed by atoms with Crippen LogP contribution in [0.5, 0.6) is 5.19 Å². The molecule has 3 nitrogen and oxygen atoms in total. The Morgan fingerprint density at radius 1 is 1.44 bits per heavy atom. The second-order valence-corrected chi connectivity index (χ2v) is 3.07. The molecule has 0 radical (unpaired) electrons. The van der Waals surface area contributed by atoms with Crippen molar-refractivity contribution in [3.05, 3.63) is 5.01 Å². The summed E-state index contributed by atoms with van der Waals surface area (Å²) in [5, 5.41) is 16.9. The number of aromatic hydroxyl groups is 1. The van der Waals surface area contributed by atoms with Crippen LogP contribution in [-0.2, 0) is 0 Å². The smallest absolute Gasteiger partial charge is 0.291 e. The fraction of sp³-hybridized carbons (Fsp3) is 0.600. The molecule has 9 heavy (non-hydrogen) atoms. The Kier molecular flexibility index (Phi) is 1.66. The first kappa shape index (κ1) is 6.48. The lowest BCUT2D eigenvalue weighted by Gasteiger charge is -1.92. The minimum Gasteiger partial charge on any atom is -0.485 e. The zero-order valence-corrected chi connectivity index (χ0v) is 6.14. The molecule has 0 bridgehead atoms. The van der Waals surface area contributed by atoms with Crippen molar-refractivity contribution in [3.63, 3.8) is 0 Å². The Bertz CT molecular complexity index is 197. The molecule has 1 rings (SSSR count). The fourth-order valence-corrected chi connectivity index (χ4v) is 1.05. The van der Waals surface area contributed by atoms with Crippen molar-refractivity contribution in [2.45, 2.75) is 19.8 Å². The van der Waals surface area contributed by atoms with Crippen LogP contribution in [0.15, 0.2) is 0 Å². The molecule has 0 aliphatic heterocycles. The lowest BCUT2D eigenvalue weighted by Crippen LogP contribution is -1.83. The van der Waals surface area contributed by atoms with Gasteiger partial charge in [-0.3, -0.25) is 0 Å². The zero-order chi connectivity index (χ0) is 6.85. The largest absolute Gasteiger partial charge is 0.485 e. The molecule has 0 aromatic carbocycles. The quantitative estimate of drug-likeness (QED) is 0.647. The van der Waals surface area contributed by atoms with Crippen molar-refractivity contribution in [2.24, 2.45) is 0 Å². The Morgan fingerprint density at radius 3 is 2.33 bits per heavy atom. The molecule has 0 spiro atoms. The third-order valence-corrected chi connectivity index (χ3v) is 1.95. The van der Waals surface area contributed by atoms with Crippen LogP contribution in [0.4, 0.5) is 0 Å². The van der Waals surface area contributed by atoms with E-state index < -0.39 is 0 Å². The molecule has 0 fully saturated rings. The van der Waals surface area contributed by atoms with E-state index >= 15 is 0 Å². The summed E-state index contributed by atoms with van der Waals surface area (Å²) in [5.74, 6) is 0.364. The fourth-order valence-electron chi connectivity index (χ4n) is 0.460. The minimum atomic E-state index is 0.0544. The van der Waals surface area contributed by atoms with E-state index in [1.807, 2.05) is 13.8 Å². The first-order valence-corrected chi connectivity index (χ1v) is 3.54. The van der Waals surface area contributed by atoms with Gasteiger partial charge in [0.1, 0.15) is 5.01 Å². The van der Waals surface area contributed by atoms with Gasteiger partial charge in [0.25, 0.3) is 5.19 Å². The maximum atomic E-state index is 8.75. The lowest BCUT2D eigenvalue weighted by molar-refractivity contribution is 0.464. The van der Waals surface area contributed by atoms with Crippen LogP contribution >= 0.6 is 11.3 Å². The molecular weight excluding hydrogens is 136 g/mol. The number of hydrogen-bond donors (Lipinski definition) is 1. The summed E-state index contributed by atoms with van der Waals surface area (Å²) in [4.78, 5) is 0. The van der Waals surface area contributed by atoms with E-state index in [9.17, 15) is 0 Å². The number of hydrogen-bond acceptors (Lipinski definition) is 4. The van der Waals surface area contributed by atoms with E-state index in [-0.39, 0.29) is 5.19 Å². The van der Waals surface area contributed by atoms with Gasteiger partial charge in [0.15, 0.2) is 0 Å². The Morgan fingerprint density at radius 2 is 2.11 bits per heavy atom. The van der Waals surface area contributed by atoms with Gasteiger partial charge < -0.3 is 5.11 Å². The summed E-state index contributed by atoms with van der Waals surface area (Å²) in [7, 11) is 0. The Labute approximate surface area is 57.4 Å². The van der Waals surface area contributed by atoms with E-state index in [1.165, 1.54) is 11.3 Å². The topological polar surface area (TPSA) is 46.0 Å². The van der Waals surface area contributed by atoms with Crippen LogP contribution in [0.25, 0.3) is 0 Å². The molecule has 50 valence electrons. The summed E-state index contributed by atoms with van der Waals surface area (Å²) < 4.78 is 0. The molecule has 0 aliphatic rings. The van der Waals surface area contributed by atoms with Gasteiger partial charge in [0.05, 0.1) is 0 Å². The normalized spacial score (nSPS) is 10.6. The SMILES string of the molecule is CC(C)c1nnc(O)s1. The minimum absolute atomic E-state index is 0.0544. The summed E-state index contributed by atoms with van der Waals surface area (Å²) in [6.07, 6.45) is 0. The predicted molar refractivity (Wildman–Crippen MR) is 35.7 cm³/mol. The van der Waals surface area contributed by atoms with Gasteiger partial charge in [0, 0.05) is 5.92 Å². The maximum absolute atomic E-state index is 8.75. The van der Waals surface area contributed by atoms with Crippen LogP contribution in [0.1, 0.15) is 24.8 Å². The van der Waals surface area contributed by atoms with Crippen molar-refractivity contribution in [1.82, 2.24) is 10.2 Å². The summed E-state index contributed by atoms with van der Waals surface area (Å²) >= 11 is 1.23. The number of rotatable bonds is 1. The molecular formula is C5H8N2OS. The van der Waals surface area contributed by atoms with Gasteiger partial charge in [-0.05, 0) is 0 Å². The van der Waals surface area contributed by atoms with Gasteiger partial charge in [-0.1, -0.05) is 25.2 Å². The van der Waals surface area contributed by atoms with E-state index in [0.29, 0.717) is 5.92 Å². The lowest BCUT2D eigenvalue weighted by atomic mass is 10.2. The van der Waals surface area contributed by atoms with Gasteiger partial charge in [-0.15, -0.1) is 10.2 Å². The first-order valence-electron chi connectivity index (χ1n) is 2.72. The molecule has 0 unspecified atom stereocenters. The molecule has 0 atom stereocenters. The Hall–Kier alpha value is -0.640. The highest BCUT2D eigenvalue weighted by atomic mass is 32.1. The highest BCUT2D eigenvalue weighted by molar-refractivity contribution is 7.13. The summed E-state index contributed by atoms with van der Waals surface area (Å²) in [6.45, 7) is 4.03. The average Bonchev–Trinajstić information content (AvgIpc) is 2.14. The van der Waals surface area contributed by atoms with Crippen molar-refractivity contribution >= 4 is 11.3 Å². The van der Waals surface area contributed by atoms with Crippen LogP contribution in [0, 0.1) is 0 Å². The third kappa shape index (κ3) is 1.38. The molecule has 0 amide bonds. The highest BCUT2D eigenvalue weighted by Gasteiger charge is 2.04. The predicted octanol–water partition coefficient (Wildman–Crippen LogP) is 1.37. The third-order valence-electron chi connectivity index (χ3n) is 0.924. The molecule has 1 aromatic rings. The molecule has 4 heteroatoms. The van der Waals surface area contributed by atoms with Gasteiger partial charge in [0.2, 0.25) is 0 Å². The second kappa shape index (κ2) is 2.31. The molecule has 1 aromatic heterocycles. The molecule has 0 saturated heterocycles. The van der Waals surface area contributed by atoms with Gasteiger partial charge in [-0.2, -0.15) is 0 Å². The van der Waals surface area contributed by atoms with Crippen LogP contribution in [0.2, 0.25) is 0 Å². The van der Waals surface area contributed by atoms with Crippen LogP contribution in [-0.4, -0.2) is 15.3 Å². The number of aromatic nitrogens is 2. The monoisotopic (exact) mass is 144 g/mol. The van der Waals surface area contributed by atoms with Crippen LogP contribution in [0.3, 0.4) is 0 Å². The maximum Gasteiger partial charge on any atom is 0.291 e. The summed E-state index contributed by atoms with van der Waals surface area (Å²) in [6, 6.07) is 0. The Balaban J connectivity index is 2.85. The number of nitrogens with zero attached hydrogens (tertiary/aromatic N) is 2. The van der Waals surface area contributed by atoms with Crippen molar-refractivity contribution in [2.75, 3.05) is 0 Å². The van der Waals surface area contributed by atoms with Gasteiger partial charge in [-0.25, -0.2) is 0 Å². The van der Waals surface area contributed by atoms with E-state index in [1.54, 1.807) is 0 Å². The summed E-state index contributed by atoms with van der Waals surface area (Å²) in [5.41, 5.74) is 0. The van der Waals surface area contributed by atoms with Crippen molar-refractivity contribution in [3.8, 4) is 5.19 Å². The first-order chi connectivity index (χ1) is 4.20.